The van der Waals surface area contributed by atoms with Crippen molar-refractivity contribution in [2.24, 2.45) is 28.6 Å². The zero-order chi connectivity index (χ0) is 18.0. The first-order valence-electron chi connectivity index (χ1n) is 9.35. The Bertz CT molecular complexity index is 683. The predicted molar refractivity (Wildman–Crippen MR) is 95.9 cm³/mol. The van der Waals surface area contributed by atoms with Gasteiger partial charge in [0.15, 0.2) is 10.9 Å². The second-order valence-electron chi connectivity index (χ2n) is 8.75. The number of fused-ring (bicyclic) bond motifs is 5. The maximum absolute atomic E-state index is 12.3. The first-order valence-corrected chi connectivity index (χ1v) is 10.2. The van der Waals surface area contributed by atoms with E-state index in [4.69, 9.17) is 4.74 Å². The Balaban J connectivity index is 1.75. The van der Waals surface area contributed by atoms with Gasteiger partial charge in [0.25, 0.3) is 0 Å². The molecule has 2 saturated carbocycles. The van der Waals surface area contributed by atoms with Gasteiger partial charge in [-0.15, -0.1) is 0 Å². The van der Waals surface area contributed by atoms with E-state index < -0.39 is 0 Å². The Morgan fingerprint density at radius 1 is 1.20 bits per heavy atom. The normalized spacial score (nSPS) is 45.8. The second kappa shape index (κ2) is 5.70. The lowest BCUT2D eigenvalue weighted by atomic mass is 9.47. The average molecular weight is 362 g/mol. The molecule has 0 N–H and O–H groups in total. The molecule has 0 radical (unpaired) electrons. The van der Waals surface area contributed by atoms with Crippen molar-refractivity contribution < 1.29 is 19.1 Å². The van der Waals surface area contributed by atoms with Gasteiger partial charge in [-0.1, -0.05) is 18.7 Å². The van der Waals surface area contributed by atoms with E-state index in [0.717, 1.165) is 25.7 Å². The van der Waals surface area contributed by atoms with Crippen LogP contribution in [0.2, 0.25) is 0 Å². The first-order chi connectivity index (χ1) is 11.8. The summed E-state index contributed by atoms with van der Waals surface area (Å²) < 4.78 is 5.47. The lowest BCUT2D eigenvalue weighted by Crippen LogP contribution is -2.54. The fraction of sp³-hybridized carbons (Fsp3) is 0.750. The highest BCUT2D eigenvalue weighted by molar-refractivity contribution is 8.14. The van der Waals surface area contributed by atoms with Crippen molar-refractivity contribution in [3.05, 3.63) is 11.6 Å². The number of ketones is 1. The van der Waals surface area contributed by atoms with Crippen molar-refractivity contribution in [2.45, 2.75) is 58.1 Å². The van der Waals surface area contributed by atoms with Crippen LogP contribution in [0.3, 0.4) is 0 Å². The molecule has 4 aliphatic rings. The quantitative estimate of drug-likeness (QED) is 0.668. The molecule has 1 heterocycles. The van der Waals surface area contributed by atoms with Crippen molar-refractivity contribution in [3.8, 4) is 0 Å². The fourth-order valence-corrected chi connectivity index (χ4v) is 7.29. The molecule has 0 bridgehead atoms. The zero-order valence-corrected chi connectivity index (χ0v) is 16.0. The maximum Gasteiger partial charge on any atom is 0.312 e. The smallest absolute Gasteiger partial charge is 0.312 e. The number of ether oxygens (including phenoxy) is 1. The molecule has 5 heteroatoms. The molecular formula is C20H26O4S. The molecule has 6 atom stereocenters. The Labute approximate surface area is 153 Å². The van der Waals surface area contributed by atoms with E-state index in [-0.39, 0.29) is 38.9 Å². The number of carbonyl (C=O) groups excluding carboxylic acids is 3. The third kappa shape index (κ3) is 2.45. The molecule has 0 aromatic carbocycles. The van der Waals surface area contributed by atoms with Crippen LogP contribution in [0.5, 0.6) is 0 Å². The van der Waals surface area contributed by atoms with E-state index in [2.05, 4.69) is 13.8 Å². The molecule has 0 aromatic rings. The number of hydrogen-bond donors (Lipinski definition) is 0. The van der Waals surface area contributed by atoms with Gasteiger partial charge in [-0.25, -0.2) is 0 Å². The SMILES string of the molecule is CC(=O)SC1C[C@@H]2[C@@H](CC[C@]3(C)C(=O)OC[C@@H]23)[C@@]2(C)CCC(=O)C=C12. The number of esters is 1. The van der Waals surface area contributed by atoms with Crippen LogP contribution < -0.4 is 0 Å². The molecule has 0 spiro atoms. The third-order valence-corrected chi connectivity index (χ3v) is 8.58. The molecule has 25 heavy (non-hydrogen) atoms. The Hall–Kier alpha value is -1.10. The summed E-state index contributed by atoms with van der Waals surface area (Å²) in [7, 11) is 0. The summed E-state index contributed by atoms with van der Waals surface area (Å²) in [5.74, 6) is 1.25. The fourth-order valence-electron chi connectivity index (χ4n) is 6.10. The molecular weight excluding hydrogens is 336 g/mol. The lowest BCUT2D eigenvalue weighted by Gasteiger charge is -2.57. The van der Waals surface area contributed by atoms with Crippen molar-refractivity contribution in [3.63, 3.8) is 0 Å². The minimum atomic E-state index is -0.366. The Kier molecular flexibility index (Phi) is 3.95. The summed E-state index contributed by atoms with van der Waals surface area (Å²) in [5.41, 5.74) is 0.782. The minimum Gasteiger partial charge on any atom is -0.465 e. The predicted octanol–water partition coefficient (Wildman–Crippen LogP) is 3.54. The van der Waals surface area contributed by atoms with Gasteiger partial charge in [0.2, 0.25) is 0 Å². The summed E-state index contributed by atoms with van der Waals surface area (Å²) in [6.45, 7) is 6.47. The summed E-state index contributed by atoms with van der Waals surface area (Å²) >= 11 is 1.37. The minimum absolute atomic E-state index is 0.0308. The van der Waals surface area contributed by atoms with Crippen LogP contribution in [0.1, 0.15) is 52.9 Å². The molecule has 136 valence electrons. The van der Waals surface area contributed by atoms with Crippen LogP contribution >= 0.6 is 11.8 Å². The van der Waals surface area contributed by atoms with Crippen LogP contribution in [-0.2, 0) is 19.1 Å². The number of thioether (sulfide) groups is 1. The van der Waals surface area contributed by atoms with Gasteiger partial charge >= 0.3 is 5.97 Å². The molecule has 3 aliphatic carbocycles. The topological polar surface area (TPSA) is 60.4 Å². The van der Waals surface area contributed by atoms with Crippen molar-refractivity contribution >= 4 is 28.6 Å². The number of allylic oxidation sites excluding steroid dienone is 1. The van der Waals surface area contributed by atoms with E-state index >= 15 is 0 Å². The molecule has 4 rings (SSSR count). The summed E-state index contributed by atoms with van der Waals surface area (Å²) in [4.78, 5) is 36.3. The maximum atomic E-state index is 12.3. The van der Waals surface area contributed by atoms with Gasteiger partial charge in [0.1, 0.15) is 0 Å². The number of cyclic esters (lactones) is 1. The molecule has 3 fully saturated rings. The summed E-state index contributed by atoms with van der Waals surface area (Å²) in [6, 6.07) is 0. The highest BCUT2D eigenvalue weighted by Crippen LogP contribution is 2.64. The zero-order valence-electron chi connectivity index (χ0n) is 15.2. The van der Waals surface area contributed by atoms with E-state index in [0.29, 0.717) is 24.9 Å². The van der Waals surface area contributed by atoms with Gasteiger partial charge in [-0.3, -0.25) is 14.4 Å². The number of rotatable bonds is 1. The lowest BCUT2D eigenvalue weighted by molar-refractivity contribution is -0.148. The van der Waals surface area contributed by atoms with Crippen LogP contribution in [0.15, 0.2) is 11.6 Å². The third-order valence-electron chi connectivity index (χ3n) is 7.51. The van der Waals surface area contributed by atoms with Crippen LogP contribution in [-0.4, -0.2) is 28.7 Å². The van der Waals surface area contributed by atoms with Gasteiger partial charge in [-0.05, 0) is 61.5 Å². The standard InChI is InChI=1S/C20H26O4S/c1-11(21)25-17-9-13-14(19(2)6-4-12(22)8-15(17)19)5-7-20(3)16(13)10-24-18(20)23/h8,13-14,16-17H,4-7,9-10H2,1-3H3/t13-,14-,16+,17?,19-,20+/m1/s1. The van der Waals surface area contributed by atoms with Gasteiger partial charge < -0.3 is 4.74 Å². The highest BCUT2D eigenvalue weighted by atomic mass is 32.2. The molecule has 1 aliphatic heterocycles. The largest absolute Gasteiger partial charge is 0.465 e. The highest BCUT2D eigenvalue weighted by Gasteiger charge is 2.62. The molecule has 0 amide bonds. The van der Waals surface area contributed by atoms with Gasteiger partial charge in [-0.2, -0.15) is 0 Å². The van der Waals surface area contributed by atoms with Crippen molar-refractivity contribution in [2.75, 3.05) is 6.61 Å². The first kappa shape index (κ1) is 17.3. The van der Waals surface area contributed by atoms with Crippen molar-refractivity contribution in [1.29, 1.82) is 0 Å². The van der Waals surface area contributed by atoms with E-state index in [1.54, 1.807) is 6.92 Å². The van der Waals surface area contributed by atoms with E-state index in [9.17, 15) is 14.4 Å². The average Bonchev–Trinajstić information content (AvgIpc) is 2.84. The van der Waals surface area contributed by atoms with E-state index in [1.807, 2.05) is 6.08 Å². The van der Waals surface area contributed by atoms with E-state index in [1.165, 1.54) is 17.3 Å². The molecule has 4 nitrogen and oxygen atoms in total. The summed E-state index contributed by atoms with van der Waals surface area (Å²) in [5, 5.41) is 0.160. The van der Waals surface area contributed by atoms with Gasteiger partial charge in [0, 0.05) is 24.5 Å². The van der Waals surface area contributed by atoms with Crippen LogP contribution in [0.4, 0.5) is 0 Å². The molecule has 1 saturated heterocycles. The second-order valence-corrected chi connectivity index (χ2v) is 10.1. The number of hydrogen-bond acceptors (Lipinski definition) is 5. The van der Waals surface area contributed by atoms with Gasteiger partial charge in [0.05, 0.1) is 12.0 Å². The summed E-state index contributed by atoms with van der Waals surface area (Å²) in [6.07, 6.45) is 6.06. The molecule has 1 unspecified atom stereocenters. The van der Waals surface area contributed by atoms with Crippen LogP contribution in [0, 0.1) is 28.6 Å². The number of carbonyl (C=O) groups is 3. The molecule has 0 aromatic heterocycles. The van der Waals surface area contributed by atoms with Crippen molar-refractivity contribution in [1.82, 2.24) is 0 Å². The Morgan fingerprint density at radius 3 is 2.68 bits per heavy atom. The monoisotopic (exact) mass is 362 g/mol. The van der Waals surface area contributed by atoms with Crippen LogP contribution in [0.25, 0.3) is 0 Å². The Morgan fingerprint density at radius 2 is 1.96 bits per heavy atom.